The van der Waals surface area contributed by atoms with Crippen molar-refractivity contribution >= 4 is 21.8 Å². The van der Waals surface area contributed by atoms with Gasteiger partial charge in [0, 0.05) is 23.5 Å². The molecule has 19 heavy (non-hydrogen) atoms. The first-order chi connectivity index (χ1) is 8.93. The van der Waals surface area contributed by atoms with E-state index in [2.05, 4.69) is 48.8 Å². The number of carbonyl (C=O) groups is 1. The SMILES string of the molecule is CC(C)(C)c1ccc(C(=O)N2CCCC2CBr)cc1. The Morgan fingerprint density at radius 3 is 2.47 bits per heavy atom. The number of halogens is 1. The van der Waals surface area contributed by atoms with Crippen LogP contribution in [0.4, 0.5) is 0 Å². The lowest BCUT2D eigenvalue weighted by atomic mass is 9.86. The van der Waals surface area contributed by atoms with Gasteiger partial charge in [-0.05, 0) is 36.0 Å². The average Bonchev–Trinajstić information content (AvgIpc) is 2.85. The van der Waals surface area contributed by atoms with Gasteiger partial charge in [0.05, 0.1) is 0 Å². The van der Waals surface area contributed by atoms with Crippen molar-refractivity contribution in [3.05, 3.63) is 35.4 Å². The number of likely N-dealkylation sites (tertiary alicyclic amines) is 1. The molecule has 104 valence electrons. The summed E-state index contributed by atoms with van der Waals surface area (Å²) in [5, 5.41) is 0.874. The molecule has 1 aromatic carbocycles. The molecule has 1 unspecified atom stereocenters. The topological polar surface area (TPSA) is 20.3 Å². The standard InChI is InChI=1S/C16H22BrNO/c1-16(2,3)13-8-6-12(7-9-13)15(19)18-10-4-5-14(18)11-17/h6-9,14H,4-5,10-11H2,1-3H3. The highest BCUT2D eigenvalue weighted by Gasteiger charge is 2.28. The van der Waals surface area contributed by atoms with Crippen molar-refractivity contribution in [1.82, 2.24) is 4.90 Å². The molecule has 1 atom stereocenters. The Balaban J connectivity index is 2.16. The smallest absolute Gasteiger partial charge is 0.254 e. The van der Waals surface area contributed by atoms with Gasteiger partial charge in [0.25, 0.3) is 5.91 Å². The van der Waals surface area contributed by atoms with Crippen molar-refractivity contribution in [2.24, 2.45) is 0 Å². The highest BCUT2D eigenvalue weighted by Crippen LogP contribution is 2.25. The number of amides is 1. The number of alkyl halides is 1. The molecular formula is C16H22BrNO. The second-order valence-electron chi connectivity index (χ2n) is 6.28. The zero-order valence-corrected chi connectivity index (χ0v) is 13.5. The molecule has 0 aromatic heterocycles. The van der Waals surface area contributed by atoms with Gasteiger partial charge < -0.3 is 4.90 Å². The molecule has 0 radical (unpaired) electrons. The van der Waals surface area contributed by atoms with Crippen LogP contribution in [-0.4, -0.2) is 28.7 Å². The third-order valence-electron chi connectivity index (χ3n) is 3.81. The fourth-order valence-corrected chi connectivity index (χ4v) is 3.22. The molecular weight excluding hydrogens is 302 g/mol. The molecule has 1 amide bonds. The summed E-state index contributed by atoms with van der Waals surface area (Å²) >= 11 is 3.50. The average molecular weight is 324 g/mol. The molecule has 1 fully saturated rings. The number of rotatable bonds is 2. The minimum Gasteiger partial charge on any atom is -0.335 e. The quantitative estimate of drug-likeness (QED) is 0.754. The summed E-state index contributed by atoms with van der Waals surface area (Å²) in [6.07, 6.45) is 2.22. The predicted molar refractivity (Wildman–Crippen MR) is 83.0 cm³/mol. The van der Waals surface area contributed by atoms with Crippen LogP contribution in [0.3, 0.4) is 0 Å². The molecule has 0 spiro atoms. The summed E-state index contributed by atoms with van der Waals surface area (Å²) in [5.41, 5.74) is 2.21. The summed E-state index contributed by atoms with van der Waals surface area (Å²) in [6.45, 7) is 7.44. The first-order valence-electron chi connectivity index (χ1n) is 6.91. The summed E-state index contributed by atoms with van der Waals surface area (Å²) in [4.78, 5) is 14.5. The molecule has 1 heterocycles. The minimum absolute atomic E-state index is 0.133. The summed E-state index contributed by atoms with van der Waals surface area (Å²) in [7, 11) is 0. The van der Waals surface area contributed by atoms with Crippen LogP contribution < -0.4 is 0 Å². The van der Waals surface area contributed by atoms with Gasteiger partial charge in [-0.15, -0.1) is 0 Å². The van der Waals surface area contributed by atoms with E-state index in [1.165, 1.54) is 5.56 Å². The normalized spacial score (nSPS) is 19.8. The fraction of sp³-hybridized carbons (Fsp3) is 0.562. The number of nitrogens with zero attached hydrogens (tertiary/aromatic N) is 1. The molecule has 0 bridgehead atoms. The van der Waals surface area contributed by atoms with E-state index in [4.69, 9.17) is 0 Å². The molecule has 0 aliphatic carbocycles. The Hall–Kier alpha value is -0.830. The monoisotopic (exact) mass is 323 g/mol. The molecule has 1 aliphatic heterocycles. The van der Waals surface area contributed by atoms with Gasteiger partial charge in [-0.1, -0.05) is 48.8 Å². The fourth-order valence-electron chi connectivity index (χ4n) is 2.54. The van der Waals surface area contributed by atoms with Crippen LogP contribution in [0.2, 0.25) is 0 Å². The van der Waals surface area contributed by atoms with Crippen LogP contribution in [0.15, 0.2) is 24.3 Å². The summed E-state index contributed by atoms with van der Waals surface area (Å²) in [6, 6.07) is 8.44. The molecule has 2 nitrogen and oxygen atoms in total. The third kappa shape index (κ3) is 3.19. The molecule has 1 aromatic rings. The maximum atomic E-state index is 12.5. The van der Waals surface area contributed by atoms with Crippen LogP contribution in [0, 0.1) is 0 Å². The molecule has 0 N–H and O–H groups in total. The van der Waals surface area contributed by atoms with Crippen molar-refractivity contribution in [3.63, 3.8) is 0 Å². The van der Waals surface area contributed by atoms with Crippen molar-refractivity contribution in [2.75, 3.05) is 11.9 Å². The van der Waals surface area contributed by atoms with Crippen LogP contribution in [0.1, 0.15) is 49.5 Å². The van der Waals surface area contributed by atoms with Crippen LogP contribution in [0.5, 0.6) is 0 Å². The Bertz CT molecular complexity index is 447. The van der Waals surface area contributed by atoms with Gasteiger partial charge in [-0.3, -0.25) is 4.79 Å². The van der Waals surface area contributed by atoms with Gasteiger partial charge in [0.1, 0.15) is 0 Å². The number of benzene rings is 1. The lowest BCUT2D eigenvalue weighted by Crippen LogP contribution is -2.36. The van der Waals surface area contributed by atoms with E-state index in [9.17, 15) is 4.79 Å². The second-order valence-corrected chi connectivity index (χ2v) is 6.92. The van der Waals surface area contributed by atoms with Crippen molar-refractivity contribution in [2.45, 2.75) is 45.1 Å². The van der Waals surface area contributed by atoms with Crippen molar-refractivity contribution in [3.8, 4) is 0 Å². The van der Waals surface area contributed by atoms with E-state index in [0.29, 0.717) is 6.04 Å². The maximum absolute atomic E-state index is 12.5. The highest BCUT2D eigenvalue weighted by atomic mass is 79.9. The lowest BCUT2D eigenvalue weighted by Gasteiger charge is -2.24. The van der Waals surface area contributed by atoms with E-state index in [1.807, 2.05) is 17.0 Å². The second kappa shape index (κ2) is 5.66. The lowest BCUT2D eigenvalue weighted by molar-refractivity contribution is 0.0750. The zero-order chi connectivity index (χ0) is 14.0. The van der Waals surface area contributed by atoms with E-state index in [1.54, 1.807) is 0 Å². The van der Waals surface area contributed by atoms with Crippen LogP contribution >= 0.6 is 15.9 Å². The number of hydrogen-bond acceptors (Lipinski definition) is 1. The Labute approximate surface area is 124 Å². The summed E-state index contributed by atoms with van der Waals surface area (Å²) < 4.78 is 0. The van der Waals surface area contributed by atoms with Gasteiger partial charge in [-0.25, -0.2) is 0 Å². The zero-order valence-electron chi connectivity index (χ0n) is 11.9. The number of hydrogen-bond donors (Lipinski definition) is 0. The van der Waals surface area contributed by atoms with Crippen molar-refractivity contribution in [1.29, 1.82) is 0 Å². The first kappa shape index (κ1) is 14.6. The van der Waals surface area contributed by atoms with Crippen molar-refractivity contribution < 1.29 is 4.79 Å². The van der Waals surface area contributed by atoms with E-state index < -0.39 is 0 Å². The Morgan fingerprint density at radius 2 is 1.95 bits per heavy atom. The molecule has 0 saturated carbocycles. The van der Waals surface area contributed by atoms with Crippen LogP contribution in [0.25, 0.3) is 0 Å². The molecule has 1 saturated heterocycles. The largest absolute Gasteiger partial charge is 0.335 e. The summed E-state index contributed by atoms with van der Waals surface area (Å²) in [5.74, 6) is 0.169. The number of carbonyl (C=O) groups excluding carboxylic acids is 1. The van der Waals surface area contributed by atoms with Crippen LogP contribution in [-0.2, 0) is 5.41 Å². The van der Waals surface area contributed by atoms with Gasteiger partial charge in [0.15, 0.2) is 0 Å². The van der Waals surface area contributed by atoms with E-state index >= 15 is 0 Å². The third-order valence-corrected chi connectivity index (χ3v) is 4.56. The van der Waals surface area contributed by atoms with E-state index in [0.717, 1.165) is 30.3 Å². The highest BCUT2D eigenvalue weighted by molar-refractivity contribution is 9.09. The van der Waals surface area contributed by atoms with Gasteiger partial charge in [-0.2, -0.15) is 0 Å². The molecule has 1 aliphatic rings. The maximum Gasteiger partial charge on any atom is 0.254 e. The Kier molecular flexibility index (Phi) is 4.34. The van der Waals surface area contributed by atoms with Gasteiger partial charge >= 0.3 is 0 Å². The van der Waals surface area contributed by atoms with E-state index in [-0.39, 0.29) is 11.3 Å². The molecule has 3 heteroatoms. The molecule has 2 rings (SSSR count). The predicted octanol–water partition coefficient (Wildman–Crippen LogP) is 3.98. The van der Waals surface area contributed by atoms with Gasteiger partial charge in [0.2, 0.25) is 0 Å². The minimum atomic E-state index is 0.133. The first-order valence-corrected chi connectivity index (χ1v) is 8.03. The Morgan fingerprint density at radius 1 is 1.32 bits per heavy atom.